The zero-order valence-corrected chi connectivity index (χ0v) is 7.41. The predicted octanol–water partition coefficient (Wildman–Crippen LogP) is 0.544. The van der Waals surface area contributed by atoms with E-state index in [1.165, 1.54) is 0 Å². The van der Waals surface area contributed by atoms with Crippen LogP contribution in [0.15, 0.2) is 12.3 Å². The van der Waals surface area contributed by atoms with Gasteiger partial charge in [-0.25, -0.2) is 9.97 Å². The Hall–Kier alpha value is -1.16. The van der Waals surface area contributed by atoms with Crippen LogP contribution in [0.5, 0.6) is 0 Å². The van der Waals surface area contributed by atoms with E-state index in [-0.39, 0.29) is 6.04 Å². The van der Waals surface area contributed by atoms with Gasteiger partial charge >= 0.3 is 0 Å². The summed E-state index contributed by atoms with van der Waals surface area (Å²) in [5, 5.41) is 3.04. The summed E-state index contributed by atoms with van der Waals surface area (Å²) in [5.41, 5.74) is 6.52. The van der Waals surface area contributed by atoms with Crippen LogP contribution in [0.25, 0.3) is 0 Å². The monoisotopic (exact) mass is 166 g/mol. The topological polar surface area (TPSA) is 63.8 Å². The van der Waals surface area contributed by atoms with Crippen LogP contribution in [-0.4, -0.2) is 22.6 Å². The molecule has 4 heteroatoms. The minimum Gasteiger partial charge on any atom is -0.353 e. The maximum Gasteiger partial charge on any atom is 0.222 e. The summed E-state index contributed by atoms with van der Waals surface area (Å²) in [6.07, 6.45) is 1.73. The summed E-state index contributed by atoms with van der Waals surface area (Å²) in [4.78, 5) is 8.20. The van der Waals surface area contributed by atoms with Crippen molar-refractivity contribution in [2.24, 2.45) is 5.73 Å². The number of nitrogens with zero attached hydrogens (tertiary/aromatic N) is 2. The minimum atomic E-state index is 0.120. The number of anilines is 1. The highest BCUT2D eigenvalue weighted by molar-refractivity contribution is 5.24. The van der Waals surface area contributed by atoms with E-state index in [2.05, 4.69) is 15.3 Å². The predicted molar refractivity (Wildman–Crippen MR) is 48.9 cm³/mol. The van der Waals surface area contributed by atoms with Crippen LogP contribution >= 0.6 is 0 Å². The Morgan fingerprint density at radius 2 is 2.42 bits per heavy atom. The first kappa shape index (κ1) is 8.93. The Bertz CT molecular complexity index is 247. The van der Waals surface area contributed by atoms with Crippen LogP contribution in [-0.2, 0) is 0 Å². The quantitative estimate of drug-likeness (QED) is 0.688. The second-order valence-electron chi connectivity index (χ2n) is 2.88. The molecular weight excluding hydrogens is 152 g/mol. The van der Waals surface area contributed by atoms with Crippen molar-refractivity contribution in [3.63, 3.8) is 0 Å². The van der Waals surface area contributed by atoms with Crippen LogP contribution in [0.3, 0.4) is 0 Å². The third-order valence-corrected chi connectivity index (χ3v) is 1.38. The lowest BCUT2D eigenvalue weighted by molar-refractivity contribution is 0.773. The molecule has 0 aliphatic heterocycles. The second kappa shape index (κ2) is 4.01. The number of nitrogens with one attached hydrogen (secondary N) is 1. The number of rotatable bonds is 3. The molecule has 3 N–H and O–H groups in total. The highest BCUT2D eigenvalue weighted by atomic mass is 15.1. The second-order valence-corrected chi connectivity index (χ2v) is 2.88. The molecule has 1 atom stereocenters. The van der Waals surface area contributed by atoms with Gasteiger partial charge < -0.3 is 11.1 Å². The molecule has 4 nitrogen and oxygen atoms in total. The van der Waals surface area contributed by atoms with Crippen molar-refractivity contribution in [3.8, 4) is 0 Å². The van der Waals surface area contributed by atoms with Gasteiger partial charge in [-0.15, -0.1) is 0 Å². The Morgan fingerprint density at radius 3 is 3.00 bits per heavy atom. The van der Waals surface area contributed by atoms with E-state index >= 15 is 0 Å². The molecule has 1 unspecified atom stereocenters. The molecule has 0 radical (unpaired) electrons. The van der Waals surface area contributed by atoms with Crippen molar-refractivity contribution in [3.05, 3.63) is 18.0 Å². The molecule has 0 spiro atoms. The van der Waals surface area contributed by atoms with Gasteiger partial charge in [0, 0.05) is 24.5 Å². The van der Waals surface area contributed by atoms with Crippen molar-refractivity contribution in [2.75, 3.05) is 11.9 Å². The first-order chi connectivity index (χ1) is 5.68. The van der Waals surface area contributed by atoms with Gasteiger partial charge in [0.2, 0.25) is 5.95 Å². The van der Waals surface area contributed by atoms with E-state index in [0.29, 0.717) is 12.5 Å². The first-order valence-electron chi connectivity index (χ1n) is 3.97. The molecule has 0 aliphatic rings. The van der Waals surface area contributed by atoms with Crippen LogP contribution < -0.4 is 11.1 Å². The van der Waals surface area contributed by atoms with Crippen molar-refractivity contribution < 1.29 is 0 Å². The summed E-state index contributed by atoms with van der Waals surface area (Å²) >= 11 is 0. The highest BCUT2D eigenvalue weighted by Crippen LogP contribution is 1.97. The molecule has 0 fully saturated rings. The fraction of sp³-hybridized carbons (Fsp3) is 0.500. The average Bonchev–Trinajstić information content (AvgIpc) is 2.01. The van der Waals surface area contributed by atoms with Crippen LogP contribution in [0.2, 0.25) is 0 Å². The summed E-state index contributed by atoms with van der Waals surface area (Å²) < 4.78 is 0. The van der Waals surface area contributed by atoms with Crippen molar-refractivity contribution in [1.29, 1.82) is 0 Å². The summed E-state index contributed by atoms with van der Waals surface area (Å²) in [6, 6.07) is 1.98. The van der Waals surface area contributed by atoms with E-state index < -0.39 is 0 Å². The number of hydrogen-bond donors (Lipinski definition) is 2. The van der Waals surface area contributed by atoms with E-state index in [9.17, 15) is 0 Å². The molecule has 0 bridgehead atoms. The standard InChI is InChI=1S/C8H14N4/c1-6(9)5-11-8-10-4-3-7(2)12-8/h3-4,6H,5,9H2,1-2H3,(H,10,11,12). The summed E-state index contributed by atoms with van der Waals surface area (Å²) in [6.45, 7) is 4.56. The number of hydrogen-bond acceptors (Lipinski definition) is 4. The summed E-state index contributed by atoms with van der Waals surface area (Å²) in [5.74, 6) is 0.646. The van der Waals surface area contributed by atoms with Gasteiger partial charge in [0.25, 0.3) is 0 Å². The number of nitrogens with two attached hydrogens (primary N) is 1. The van der Waals surface area contributed by atoms with Crippen LogP contribution in [0.1, 0.15) is 12.6 Å². The zero-order chi connectivity index (χ0) is 8.97. The average molecular weight is 166 g/mol. The third-order valence-electron chi connectivity index (χ3n) is 1.38. The van der Waals surface area contributed by atoms with E-state index in [1.807, 2.05) is 19.9 Å². The number of aromatic nitrogens is 2. The molecule has 1 rings (SSSR count). The Balaban J connectivity index is 2.52. The van der Waals surface area contributed by atoms with Gasteiger partial charge in [0.15, 0.2) is 0 Å². The minimum absolute atomic E-state index is 0.120. The van der Waals surface area contributed by atoms with Gasteiger partial charge in [0.1, 0.15) is 0 Å². The van der Waals surface area contributed by atoms with Crippen molar-refractivity contribution >= 4 is 5.95 Å². The van der Waals surface area contributed by atoms with Crippen LogP contribution in [0.4, 0.5) is 5.95 Å². The lowest BCUT2D eigenvalue weighted by Gasteiger charge is -2.06. The maximum absolute atomic E-state index is 5.56. The number of aryl methyl sites for hydroxylation is 1. The van der Waals surface area contributed by atoms with Gasteiger partial charge in [0.05, 0.1) is 0 Å². The van der Waals surface area contributed by atoms with Gasteiger partial charge in [-0.3, -0.25) is 0 Å². The lowest BCUT2D eigenvalue weighted by Crippen LogP contribution is -2.25. The molecule has 1 aromatic heterocycles. The Kier molecular flexibility index (Phi) is 2.99. The normalized spacial score (nSPS) is 12.6. The zero-order valence-electron chi connectivity index (χ0n) is 7.41. The lowest BCUT2D eigenvalue weighted by atomic mass is 10.4. The van der Waals surface area contributed by atoms with Crippen LogP contribution in [0, 0.1) is 6.92 Å². The fourth-order valence-electron chi connectivity index (χ4n) is 0.786. The molecule has 1 aromatic rings. The van der Waals surface area contributed by atoms with Gasteiger partial charge in [-0.2, -0.15) is 0 Å². The molecule has 0 aromatic carbocycles. The molecule has 1 heterocycles. The smallest absolute Gasteiger partial charge is 0.222 e. The molecule has 0 amide bonds. The molecule has 0 saturated carbocycles. The largest absolute Gasteiger partial charge is 0.353 e. The molecule has 0 saturated heterocycles. The Labute approximate surface area is 72.2 Å². The molecular formula is C8H14N4. The Morgan fingerprint density at radius 1 is 1.67 bits per heavy atom. The van der Waals surface area contributed by atoms with Gasteiger partial charge in [-0.05, 0) is 19.9 Å². The summed E-state index contributed by atoms with van der Waals surface area (Å²) in [7, 11) is 0. The van der Waals surface area contributed by atoms with E-state index in [0.717, 1.165) is 5.69 Å². The van der Waals surface area contributed by atoms with E-state index in [1.54, 1.807) is 6.20 Å². The third kappa shape index (κ3) is 2.84. The highest BCUT2D eigenvalue weighted by Gasteiger charge is 1.96. The SMILES string of the molecule is Cc1ccnc(NCC(C)N)n1. The van der Waals surface area contributed by atoms with Gasteiger partial charge in [-0.1, -0.05) is 0 Å². The fourth-order valence-corrected chi connectivity index (χ4v) is 0.786. The van der Waals surface area contributed by atoms with E-state index in [4.69, 9.17) is 5.73 Å². The van der Waals surface area contributed by atoms with Crippen molar-refractivity contribution in [2.45, 2.75) is 19.9 Å². The van der Waals surface area contributed by atoms with Crippen molar-refractivity contribution in [1.82, 2.24) is 9.97 Å². The molecule has 12 heavy (non-hydrogen) atoms. The maximum atomic E-state index is 5.56. The molecule has 66 valence electrons. The first-order valence-corrected chi connectivity index (χ1v) is 3.97. The molecule has 0 aliphatic carbocycles.